The minimum atomic E-state index is -4.96. The van der Waals surface area contributed by atoms with Crippen LogP contribution < -0.4 is 0 Å². The van der Waals surface area contributed by atoms with Gasteiger partial charge in [0.15, 0.2) is 12.2 Å². The maximum Gasteiger partial charge on any atom is 0.472 e. The number of aliphatic hydroxyl groups is 1. The fourth-order valence-electron chi connectivity index (χ4n) is 11.3. The van der Waals surface area contributed by atoms with E-state index in [4.69, 9.17) is 37.0 Å². The van der Waals surface area contributed by atoms with Gasteiger partial charge < -0.3 is 33.8 Å². The number of hydrogen-bond donors (Lipinski definition) is 3. The van der Waals surface area contributed by atoms with Gasteiger partial charge in [-0.15, -0.1) is 0 Å². The number of unbranched alkanes of at least 4 members (excludes halogenated alkanes) is 43. The van der Waals surface area contributed by atoms with Crippen molar-refractivity contribution in [3.8, 4) is 0 Å². The number of carbonyl (C=O) groups excluding carboxylic acids is 4. The lowest BCUT2D eigenvalue weighted by Crippen LogP contribution is -2.30. The van der Waals surface area contributed by atoms with E-state index in [0.717, 1.165) is 102 Å². The number of phosphoric ester groups is 2. The first-order chi connectivity index (χ1) is 44.9. The quantitative estimate of drug-likeness (QED) is 0.0222. The zero-order chi connectivity index (χ0) is 68.6. The Morgan fingerprint density at radius 1 is 0.290 bits per heavy atom. The van der Waals surface area contributed by atoms with Gasteiger partial charge >= 0.3 is 39.5 Å². The summed E-state index contributed by atoms with van der Waals surface area (Å²) in [6.07, 6.45) is 52.6. The molecule has 552 valence electrons. The molecule has 0 saturated heterocycles. The van der Waals surface area contributed by atoms with Gasteiger partial charge in [0.05, 0.1) is 26.4 Å². The Morgan fingerprint density at radius 2 is 0.495 bits per heavy atom. The van der Waals surface area contributed by atoms with E-state index in [9.17, 15) is 43.2 Å². The standard InChI is InChI=1S/C74H144O17P2/c1-7-9-11-13-15-17-18-27-34-40-46-52-58-73(78)90-69(62-84-71(76)56-50-44-38-30-16-14-12-10-8-2)64-88-92(80,81)86-60-68(75)61-87-93(82,83)89-65-70(91-74(79)59-53-47-41-35-29-24-20-22-26-32-37-43-49-55-67(5)6)63-85-72(77)57-51-45-39-33-28-23-19-21-25-31-36-42-48-54-66(3)4/h66-70,75H,7-65H2,1-6H3,(H,80,81)(H,82,83)/t68-,69+,70+/m0/s1. The predicted molar refractivity (Wildman–Crippen MR) is 377 cm³/mol. The summed E-state index contributed by atoms with van der Waals surface area (Å²) in [5.41, 5.74) is 0. The number of aliphatic hydroxyl groups excluding tert-OH is 1. The van der Waals surface area contributed by atoms with Crippen molar-refractivity contribution in [2.24, 2.45) is 11.8 Å². The molecule has 0 radical (unpaired) electrons. The molecule has 0 saturated carbocycles. The molecule has 17 nitrogen and oxygen atoms in total. The number of rotatable bonds is 73. The summed E-state index contributed by atoms with van der Waals surface area (Å²) < 4.78 is 68.4. The molecule has 93 heavy (non-hydrogen) atoms. The van der Waals surface area contributed by atoms with Crippen LogP contribution in [0.15, 0.2) is 0 Å². The van der Waals surface area contributed by atoms with Crippen molar-refractivity contribution < 1.29 is 80.2 Å². The maximum atomic E-state index is 13.1. The van der Waals surface area contributed by atoms with Crippen LogP contribution >= 0.6 is 15.6 Å². The van der Waals surface area contributed by atoms with E-state index in [2.05, 4.69) is 41.5 Å². The van der Waals surface area contributed by atoms with E-state index in [1.807, 2.05) is 0 Å². The van der Waals surface area contributed by atoms with Crippen LogP contribution in [-0.2, 0) is 65.4 Å². The summed E-state index contributed by atoms with van der Waals surface area (Å²) in [5.74, 6) is -0.540. The maximum absolute atomic E-state index is 13.1. The van der Waals surface area contributed by atoms with Crippen LogP contribution in [0.2, 0.25) is 0 Å². The summed E-state index contributed by atoms with van der Waals surface area (Å²) in [6.45, 7) is 9.60. The van der Waals surface area contributed by atoms with Gasteiger partial charge in [-0.25, -0.2) is 9.13 Å². The minimum absolute atomic E-state index is 0.107. The lowest BCUT2D eigenvalue weighted by Gasteiger charge is -2.21. The first-order valence-corrected chi connectivity index (χ1v) is 41.5. The predicted octanol–water partition coefficient (Wildman–Crippen LogP) is 21.6. The van der Waals surface area contributed by atoms with Crippen LogP contribution in [0, 0.1) is 11.8 Å². The lowest BCUT2D eigenvalue weighted by molar-refractivity contribution is -0.161. The normalized spacial score (nSPS) is 14.1. The molecule has 0 rings (SSSR count). The molecule has 0 aliphatic rings. The molecule has 3 N–H and O–H groups in total. The number of phosphoric acid groups is 2. The number of ether oxygens (including phenoxy) is 4. The molecule has 0 amide bonds. The Balaban J connectivity index is 5.23. The molecule has 0 aromatic heterocycles. The zero-order valence-electron chi connectivity index (χ0n) is 60.6. The topological polar surface area (TPSA) is 237 Å². The van der Waals surface area contributed by atoms with Crippen LogP contribution in [0.3, 0.4) is 0 Å². The highest BCUT2D eigenvalue weighted by Gasteiger charge is 2.30. The molecule has 0 aromatic rings. The fourth-order valence-corrected chi connectivity index (χ4v) is 12.9. The monoisotopic (exact) mass is 1370 g/mol. The summed E-state index contributed by atoms with van der Waals surface area (Å²) in [7, 11) is -9.90. The van der Waals surface area contributed by atoms with Crippen molar-refractivity contribution in [1.29, 1.82) is 0 Å². The third-order valence-electron chi connectivity index (χ3n) is 17.2. The first kappa shape index (κ1) is 91.1. The molecule has 0 heterocycles. The van der Waals surface area contributed by atoms with E-state index in [-0.39, 0.29) is 25.7 Å². The Hall–Kier alpha value is -1.94. The first-order valence-electron chi connectivity index (χ1n) is 38.5. The van der Waals surface area contributed by atoms with E-state index >= 15 is 0 Å². The molecule has 2 unspecified atom stereocenters. The fraction of sp³-hybridized carbons (Fsp3) is 0.946. The van der Waals surface area contributed by atoms with Crippen LogP contribution in [0.5, 0.6) is 0 Å². The minimum Gasteiger partial charge on any atom is -0.462 e. The van der Waals surface area contributed by atoms with Crippen molar-refractivity contribution in [1.82, 2.24) is 0 Å². The molecule has 19 heteroatoms. The second-order valence-electron chi connectivity index (χ2n) is 27.6. The molecule has 0 spiro atoms. The SMILES string of the molecule is CCCCCCCCCCCCCCC(=O)O[C@H](COC(=O)CCCCCCCCCCC)COP(=O)(O)OC[C@H](O)COP(=O)(O)OC[C@@H](COC(=O)CCCCCCCCCCCCCCCC(C)C)OC(=O)CCCCCCCCCCCCCCCC(C)C. The highest BCUT2D eigenvalue weighted by atomic mass is 31.2. The number of carbonyl (C=O) groups is 4. The zero-order valence-corrected chi connectivity index (χ0v) is 62.3. The van der Waals surface area contributed by atoms with Crippen molar-refractivity contribution in [3.63, 3.8) is 0 Å². The Morgan fingerprint density at radius 3 is 0.731 bits per heavy atom. The average Bonchev–Trinajstić information content (AvgIpc) is 1.73. The van der Waals surface area contributed by atoms with E-state index in [0.29, 0.717) is 25.7 Å². The number of hydrogen-bond acceptors (Lipinski definition) is 15. The van der Waals surface area contributed by atoms with Gasteiger partial charge in [0.25, 0.3) is 0 Å². The van der Waals surface area contributed by atoms with Crippen molar-refractivity contribution in [2.45, 2.75) is 400 Å². The van der Waals surface area contributed by atoms with Crippen LogP contribution in [0.25, 0.3) is 0 Å². The van der Waals surface area contributed by atoms with E-state index < -0.39 is 97.5 Å². The molecule has 0 aromatic carbocycles. The van der Waals surface area contributed by atoms with Gasteiger partial charge in [-0.3, -0.25) is 37.3 Å². The van der Waals surface area contributed by atoms with Crippen molar-refractivity contribution in [3.05, 3.63) is 0 Å². The third kappa shape index (κ3) is 68.4. The summed E-state index contributed by atoms with van der Waals surface area (Å²) >= 11 is 0. The smallest absolute Gasteiger partial charge is 0.462 e. The van der Waals surface area contributed by atoms with Gasteiger partial charge in [-0.1, -0.05) is 330 Å². The molecular weight excluding hydrogens is 1220 g/mol. The summed E-state index contributed by atoms with van der Waals surface area (Å²) in [6, 6.07) is 0. The van der Waals surface area contributed by atoms with Gasteiger partial charge in [-0.05, 0) is 37.5 Å². The Kier molecular flexibility index (Phi) is 64.6. The van der Waals surface area contributed by atoms with E-state index in [1.54, 1.807) is 0 Å². The lowest BCUT2D eigenvalue weighted by atomic mass is 10.0. The summed E-state index contributed by atoms with van der Waals surface area (Å²) in [5, 5.41) is 10.6. The molecule has 0 bridgehead atoms. The van der Waals surface area contributed by atoms with E-state index in [1.165, 1.54) is 199 Å². The van der Waals surface area contributed by atoms with Gasteiger partial charge in [-0.2, -0.15) is 0 Å². The molecule has 0 aliphatic carbocycles. The second-order valence-corrected chi connectivity index (χ2v) is 30.5. The Bertz CT molecular complexity index is 1800. The van der Waals surface area contributed by atoms with Crippen molar-refractivity contribution in [2.75, 3.05) is 39.6 Å². The van der Waals surface area contributed by atoms with Gasteiger partial charge in [0.1, 0.15) is 19.3 Å². The van der Waals surface area contributed by atoms with Gasteiger partial charge in [0.2, 0.25) is 0 Å². The Labute approximate surface area is 568 Å². The van der Waals surface area contributed by atoms with Crippen LogP contribution in [-0.4, -0.2) is 96.7 Å². The average molecular weight is 1370 g/mol. The highest BCUT2D eigenvalue weighted by Crippen LogP contribution is 2.45. The molecule has 5 atom stereocenters. The molecule has 0 fully saturated rings. The van der Waals surface area contributed by atoms with Crippen molar-refractivity contribution >= 4 is 39.5 Å². The second kappa shape index (κ2) is 66.0. The molecule has 0 aliphatic heterocycles. The highest BCUT2D eigenvalue weighted by molar-refractivity contribution is 7.47. The third-order valence-corrected chi connectivity index (χ3v) is 19.1. The van der Waals surface area contributed by atoms with Crippen LogP contribution in [0.1, 0.15) is 382 Å². The number of esters is 4. The molecular formula is C74H144O17P2. The largest absolute Gasteiger partial charge is 0.472 e. The summed E-state index contributed by atoms with van der Waals surface area (Å²) in [4.78, 5) is 72.7. The van der Waals surface area contributed by atoms with Crippen LogP contribution in [0.4, 0.5) is 0 Å². The van der Waals surface area contributed by atoms with Gasteiger partial charge in [0, 0.05) is 25.7 Å².